The Labute approximate surface area is 588 Å². The lowest BCUT2D eigenvalue weighted by atomic mass is 9.99. The summed E-state index contributed by atoms with van der Waals surface area (Å²) in [5.41, 5.74) is 0. The standard InChI is InChI=1S/C77H150O17P2/c1-9-70(8)56-48-40-32-24-17-12-10-11-13-18-26-34-43-51-59-76(81)93-72(63-87-74(79)57-49-41-33-25-21-20-23-30-38-46-54-68(4)5)65-91-95(83,84)89-61-71(78)62-90-96(85,86)92-66-73(64-88-75(80)58-50-42-36-28-31-39-47-55-69(6)7)94-77(82)60-52-44-35-27-19-15-14-16-22-29-37-45-53-67(2)3/h67-73,78H,9-66H2,1-8H3,(H,83,84)(H,85,86)/t70?,71?,72-,73-/m1/s1. The second-order valence-corrected chi connectivity index (χ2v) is 32.3. The van der Waals surface area contributed by atoms with Gasteiger partial charge in [-0.1, -0.05) is 338 Å². The van der Waals surface area contributed by atoms with E-state index in [-0.39, 0.29) is 25.7 Å². The maximum atomic E-state index is 13.1. The van der Waals surface area contributed by atoms with Gasteiger partial charge in [-0.05, 0) is 49.4 Å². The molecule has 17 nitrogen and oxygen atoms in total. The molecule has 0 rings (SSSR count). The van der Waals surface area contributed by atoms with E-state index in [1.807, 2.05) is 0 Å². The van der Waals surface area contributed by atoms with E-state index < -0.39 is 97.5 Å². The zero-order chi connectivity index (χ0) is 71.0. The van der Waals surface area contributed by atoms with Crippen LogP contribution in [0.5, 0.6) is 0 Å². The van der Waals surface area contributed by atoms with Crippen molar-refractivity contribution in [1.82, 2.24) is 0 Å². The first-order valence-corrected chi connectivity index (χ1v) is 42.7. The van der Waals surface area contributed by atoms with Gasteiger partial charge in [-0.3, -0.25) is 37.3 Å². The van der Waals surface area contributed by atoms with Gasteiger partial charge in [0.1, 0.15) is 19.3 Å². The number of carbonyl (C=O) groups excluding carboxylic acids is 4. The van der Waals surface area contributed by atoms with Crippen LogP contribution >= 0.6 is 15.6 Å². The third-order valence-electron chi connectivity index (χ3n) is 18.2. The summed E-state index contributed by atoms with van der Waals surface area (Å²) in [6.45, 7) is 14.2. The van der Waals surface area contributed by atoms with Crippen LogP contribution < -0.4 is 0 Å². The van der Waals surface area contributed by atoms with Crippen molar-refractivity contribution in [3.63, 3.8) is 0 Å². The van der Waals surface area contributed by atoms with Crippen LogP contribution in [0.1, 0.15) is 389 Å². The quantitative estimate of drug-likeness (QED) is 0.0222. The largest absolute Gasteiger partial charge is 0.472 e. The van der Waals surface area contributed by atoms with Gasteiger partial charge in [0.05, 0.1) is 26.4 Å². The van der Waals surface area contributed by atoms with Crippen LogP contribution in [0.3, 0.4) is 0 Å². The average Bonchev–Trinajstić information content (AvgIpc) is 1.12. The molecule has 0 bridgehead atoms. The first-order valence-electron chi connectivity index (χ1n) is 39.7. The summed E-state index contributed by atoms with van der Waals surface area (Å²) < 4.78 is 68.6. The molecule has 0 saturated carbocycles. The normalized spacial score (nSPS) is 14.4. The summed E-state index contributed by atoms with van der Waals surface area (Å²) in [4.78, 5) is 72.9. The van der Waals surface area contributed by atoms with Crippen LogP contribution in [0.15, 0.2) is 0 Å². The molecule has 0 fully saturated rings. The van der Waals surface area contributed by atoms with Crippen molar-refractivity contribution in [3.05, 3.63) is 0 Å². The Bertz CT molecular complexity index is 1890. The van der Waals surface area contributed by atoms with E-state index in [1.165, 1.54) is 186 Å². The number of esters is 4. The van der Waals surface area contributed by atoms with Gasteiger partial charge in [-0.15, -0.1) is 0 Å². The molecule has 0 aliphatic rings. The van der Waals surface area contributed by atoms with Crippen LogP contribution in [0.4, 0.5) is 0 Å². The first kappa shape index (κ1) is 94.1. The summed E-state index contributed by atoms with van der Waals surface area (Å²) in [5.74, 6) is 0.966. The number of aliphatic hydroxyl groups is 1. The summed E-state index contributed by atoms with van der Waals surface area (Å²) >= 11 is 0. The summed E-state index contributed by atoms with van der Waals surface area (Å²) in [6.07, 6.45) is 51.3. The molecule has 0 amide bonds. The molecule has 0 saturated heterocycles. The van der Waals surface area contributed by atoms with Gasteiger partial charge in [0.2, 0.25) is 0 Å². The Kier molecular flexibility index (Phi) is 65.0. The average molecular weight is 1410 g/mol. The molecule has 0 spiro atoms. The Balaban J connectivity index is 5.25. The molecule has 0 aromatic heterocycles. The second kappa shape index (κ2) is 66.3. The van der Waals surface area contributed by atoms with Crippen molar-refractivity contribution < 1.29 is 80.2 Å². The van der Waals surface area contributed by atoms with E-state index in [1.54, 1.807) is 0 Å². The van der Waals surface area contributed by atoms with E-state index in [2.05, 4.69) is 55.4 Å². The molecule has 0 aliphatic carbocycles. The van der Waals surface area contributed by atoms with Crippen molar-refractivity contribution in [3.8, 4) is 0 Å². The Hall–Kier alpha value is -1.94. The Morgan fingerprint density at radius 3 is 0.740 bits per heavy atom. The van der Waals surface area contributed by atoms with Gasteiger partial charge >= 0.3 is 39.5 Å². The zero-order valence-electron chi connectivity index (χ0n) is 63.0. The SMILES string of the molecule is CCC(C)CCCCCCCCCCCCCCCCC(=O)O[C@H](COC(=O)CCCCCCCCCCCCC(C)C)COP(=O)(O)OCC(O)COP(=O)(O)OC[C@@H](COC(=O)CCCCCCCCCC(C)C)OC(=O)CCCCCCCCCCCCCCC(C)C. The number of phosphoric acid groups is 2. The fourth-order valence-electron chi connectivity index (χ4n) is 11.7. The molecule has 19 heteroatoms. The van der Waals surface area contributed by atoms with E-state index in [0.717, 1.165) is 114 Å². The summed E-state index contributed by atoms with van der Waals surface area (Å²) in [7, 11) is -9.92. The molecular weight excluding hydrogens is 1260 g/mol. The highest BCUT2D eigenvalue weighted by Crippen LogP contribution is 2.45. The minimum absolute atomic E-state index is 0.106. The number of ether oxygens (including phenoxy) is 4. The summed E-state index contributed by atoms with van der Waals surface area (Å²) in [6, 6.07) is 0. The van der Waals surface area contributed by atoms with Gasteiger partial charge in [0, 0.05) is 25.7 Å². The molecule has 96 heavy (non-hydrogen) atoms. The Morgan fingerprint density at radius 1 is 0.292 bits per heavy atom. The van der Waals surface area contributed by atoms with Crippen LogP contribution in [0.25, 0.3) is 0 Å². The molecule has 570 valence electrons. The van der Waals surface area contributed by atoms with Crippen LogP contribution in [-0.4, -0.2) is 96.7 Å². The minimum Gasteiger partial charge on any atom is -0.462 e. The van der Waals surface area contributed by atoms with Crippen molar-refractivity contribution in [2.45, 2.75) is 408 Å². The third-order valence-corrected chi connectivity index (χ3v) is 20.1. The molecule has 0 aliphatic heterocycles. The fraction of sp³-hybridized carbons (Fsp3) is 0.948. The lowest BCUT2D eigenvalue weighted by molar-refractivity contribution is -0.161. The van der Waals surface area contributed by atoms with Crippen molar-refractivity contribution >= 4 is 39.5 Å². The Morgan fingerprint density at radius 2 is 0.500 bits per heavy atom. The first-order chi connectivity index (χ1) is 46.1. The van der Waals surface area contributed by atoms with Crippen LogP contribution in [0, 0.1) is 23.7 Å². The second-order valence-electron chi connectivity index (χ2n) is 29.4. The fourth-order valence-corrected chi connectivity index (χ4v) is 13.3. The molecular formula is C77H150O17P2. The zero-order valence-corrected chi connectivity index (χ0v) is 64.8. The molecule has 4 unspecified atom stereocenters. The predicted molar refractivity (Wildman–Crippen MR) is 391 cm³/mol. The number of carbonyl (C=O) groups is 4. The van der Waals surface area contributed by atoms with Gasteiger partial charge in [0.25, 0.3) is 0 Å². The number of hydrogen-bond donors (Lipinski definition) is 3. The number of unbranched alkanes of at least 4 members (excludes halogenated alkanes) is 39. The number of rotatable bonds is 74. The van der Waals surface area contributed by atoms with Crippen LogP contribution in [-0.2, 0) is 65.4 Å². The van der Waals surface area contributed by atoms with Gasteiger partial charge in [-0.2, -0.15) is 0 Å². The van der Waals surface area contributed by atoms with E-state index in [9.17, 15) is 43.2 Å². The molecule has 3 N–H and O–H groups in total. The van der Waals surface area contributed by atoms with Gasteiger partial charge in [-0.25, -0.2) is 9.13 Å². The predicted octanol–water partition coefficient (Wildman–Crippen LogP) is 22.4. The van der Waals surface area contributed by atoms with Gasteiger partial charge in [0.15, 0.2) is 12.2 Å². The molecule has 0 aromatic carbocycles. The van der Waals surface area contributed by atoms with E-state index in [0.29, 0.717) is 31.6 Å². The number of aliphatic hydroxyl groups excluding tert-OH is 1. The van der Waals surface area contributed by atoms with Crippen molar-refractivity contribution in [1.29, 1.82) is 0 Å². The molecule has 6 atom stereocenters. The van der Waals surface area contributed by atoms with Crippen molar-refractivity contribution in [2.75, 3.05) is 39.6 Å². The topological polar surface area (TPSA) is 237 Å². The highest BCUT2D eigenvalue weighted by atomic mass is 31.2. The maximum absolute atomic E-state index is 13.1. The lowest BCUT2D eigenvalue weighted by Gasteiger charge is -2.21. The van der Waals surface area contributed by atoms with Gasteiger partial charge < -0.3 is 33.8 Å². The number of hydrogen-bond acceptors (Lipinski definition) is 15. The summed E-state index contributed by atoms with van der Waals surface area (Å²) in [5, 5.41) is 10.6. The maximum Gasteiger partial charge on any atom is 0.472 e. The third kappa shape index (κ3) is 69.2. The minimum atomic E-state index is -4.96. The smallest absolute Gasteiger partial charge is 0.462 e. The molecule has 0 heterocycles. The van der Waals surface area contributed by atoms with Crippen LogP contribution in [0.2, 0.25) is 0 Å². The highest BCUT2D eigenvalue weighted by molar-refractivity contribution is 7.47. The molecule has 0 radical (unpaired) electrons. The van der Waals surface area contributed by atoms with Crippen molar-refractivity contribution in [2.24, 2.45) is 23.7 Å². The highest BCUT2D eigenvalue weighted by Gasteiger charge is 2.30. The number of phosphoric ester groups is 2. The monoisotopic (exact) mass is 1410 g/mol. The van der Waals surface area contributed by atoms with E-state index in [4.69, 9.17) is 37.0 Å². The molecule has 0 aromatic rings. The lowest BCUT2D eigenvalue weighted by Crippen LogP contribution is -2.30. The van der Waals surface area contributed by atoms with E-state index >= 15 is 0 Å².